The molecule has 0 fully saturated rings. The normalized spacial score (nSPS) is 10.5. The molecular formula is C31H36O6. The number of carbonyl (C=O) groups is 2. The number of unbranched alkanes of at least 4 members (excludes halogenated alkanes) is 5. The summed E-state index contributed by atoms with van der Waals surface area (Å²) in [5, 5.41) is 0. The molecule has 0 amide bonds. The molecule has 0 spiro atoms. The third-order valence-electron chi connectivity index (χ3n) is 5.66. The number of ether oxygens (including phenoxy) is 4. The molecule has 6 nitrogen and oxygen atoms in total. The monoisotopic (exact) mass is 504 g/mol. The minimum absolute atomic E-state index is 0.350. The Morgan fingerprint density at radius 3 is 1.35 bits per heavy atom. The van der Waals surface area contributed by atoms with Gasteiger partial charge in [0.15, 0.2) is 0 Å². The first kappa shape index (κ1) is 27.8. The average Bonchev–Trinajstić information content (AvgIpc) is 2.93. The quantitative estimate of drug-likeness (QED) is 0.120. The fraction of sp³-hybridized carbons (Fsp3) is 0.355. The van der Waals surface area contributed by atoms with Crippen LogP contribution in [0.3, 0.4) is 0 Å². The van der Waals surface area contributed by atoms with Crippen molar-refractivity contribution in [2.75, 3.05) is 13.2 Å². The molecule has 0 unspecified atom stereocenters. The maximum absolute atomic E-state index is 12.5. The number of carbonyl (C=O) groups excluding carboxylic acids is 2. The molecule has 0 aromatic heterocycles. The van der Waals surface area contributed by atoms with Crippen molar-refractivity contribution in [3.05, 3.63) is 83.9 Å². The Balaban J connectivity index is 1.43. The summed E-state index contributed by atoms with van der Waals surface area (Å²) in [6, 6.07) is 20.1. The highest BCUT2D eigenvalue weighted by Crippen LogP contribution is 2.21. The van der Waals surface area contributed by atoms with E-state index in [0.29, 0.717) is 41.6 Å². The molecular weight excluding hydrogens is 468 g/mol. The van der Waals surface area contributed by atoms with E-state index in [0.717, 1.165) is 18.6 Å². The van der Waals surface area contributed by atoms with Crippen molar-refractivity contribution in [1.29, 1.82) is 0 Å². The average molecular weight is 505 g/mol. The van der Waals surface area contributed by atoms with Crippen molar-refractivity contribution in [3.63, 3.8) is 0 Å². The lowest BCUT2D eigenvalue weighted by Crippen LogP contribution is -2.09. The summed E-state index contributed by atoms with van der Waals surface area (Å²) in [7, 11) is 0. The van der Waals surface area contributed by atoms with Crippen LogP contribution in [0.25, 0.3) is 0 Å². The first-order valence-corrected chi connectivity index (χ1v) is 13.1. The van der Waals surface area contributed by atoms with Gasteiger partial charge in [0.1, 0.15) is 23.0 Å². The maximum atomic E-state index is 12.5. The molecule has 196 valence electrons. The van der Waals surface area contributed by atoms with E-state index in [4.69, 9.17) is 18.9 Å². The highest BCUT2D eigenvalue weighted by Gasteiger charge is 2.11. The molecule has 3 aromatic carbocycles. The first-order valence-electron chi connectivity index (χ1n) is 13.1. The zero-order chi connectivity index (χ0) is 26.3. The molecule has 0 aliphatic carbocycles. The van der Waals surface area contributed by atoms with E-state index in [9.17, 15) is 9.59 Å². The second kappa shape index (κ2) is 15.3. The van der Waals surface area contributed by atoms with Gasteiger partial charge in [-0.25, -0.2) is 9.59 Å². The minimum Gasteiger partial charge on any atom is -0.494 e. The summed E-state index contributed by atoms with van der Waals surface area (Å²) in [4.78, 5) is 24.9. The van der Waals surface area contributed by atoms with Crippen molar-refractivity contribution in [1.82, 2.24) is 0 Å². The summed E-state index contributed by atoms with van der Waals surface area (Å²) in [5.41, 5.74) is 0.840. The lowest BCUT2D eigenvalue weighted by atomic mass is 10.1. The topological polar surface area (TPSA) is 71.1 Å². The largest absolute Gasteiger partial charge is 0.494 e. The summed E-state index contributed by atoms with van der Waals surface area (Å²) in [6.07, 6.45) is 8.18. The van der Waals surface area contributed by atoms with Crippen LogP contribution in [-0.2, 0) is 0 Å². The van der Waals surface area contributed by atoms with Gasteiger partial charge in [-0.15, -0.1) is 0 Å². The van der Waals surface area contributed by atoms with Crippen molar-refractivity contribution in [2.24, 2.45) is 0 Å². The molecule has 0 atom stereocenters. The van der Waals surface area contributed by atoms with Gasteiger partial charge in [0.05, 0.1) is 24.3 Å². The van der Waals surface area contributed by atoms with Crippen LogP contribution < -0.4 is 18.9 Å². The third kappa shape index (κ3) is 9.64. The molecule has 0 bridgehead atoms. The summed E-state index contributed by atoms with van der Waals surface area (Å²) in [6.45, 7) is 5.54. The molecule has 0 saturated heterocycles. The molecule has 37 heavy (non-hydrogen) atoms. The second-order valence-corrected chi connectivity index (χ2v) is 8.76. The van der Waals surface area contributed by atoms with E-state index in [1.165, 1.54) is 32.1 Å². The molecule has 6 heteroatoms. The van der Waals surface area contributed by atoms with Crippen LogP contribution in [0.15, 0.2) is 72.8 Å². The second-order valence-electron chi connectivity index (χ2n) is 8.76. The molecule has 0 aliphatic heterocycles. The maximum Gasteiger partial charge on any atom is 0.343 e. The van der Waals surface area contributed by atoms with Gasteiger partial charge in [0.2, 0.25) is 0 Å². The van der Waals surface area contributed by atoms with Gasteiger partial charge < -0.3 is 18.9 Å². The van der Waals surface area contributed by atoms with Gasteiger partial charge in [-0.05, 0) is 85.6 Å². The van der Waals surface area contributed by atoms with E-state index >= 15 is 0 Å². The lowest BCUT2D eigenvalue weighted by molar-refractivity contribution is 0.0719. The van der Waals surface area contributed by atoms with Gasteiger partial charge in [-0.2, -0.15) is 0 Å². The van der Waals surface area contributed by atoms with Crippen LogP contribution >= 0.6 is 0 Å². The summed E-state index contributed by atoms with van der Waals surface area (Å²) >= 11 is 0. The number of rotatable bonds is 15. The summed E-state index contributed by atoms with van der Waals surface area (Å²) in [5.74, 6) is 1.19. The number of benzene rings is 3. The standard InChI is InChI=1S/C31H36O6/c1-3-5-6-7-8-9-23-35-27-16-12-25(13-17-27)31(33)37-29-20-18-28(19-21-29)36-30(32)24-10-14-26(15-11-24)34-22-4-2/h10-21H,3-9,22-23H2,1-2H3. The minimum atomic E-state index is -0.481. The van der Waals surface area contributed by atoms with Gasteiger partial charge >= 0.3 is 11.9 Å². The van der Waals surface area contributed by atoms with Crippen LogP contribution in [0.1, 0.15) is 79.5 Å². The van der Waals surface area contributed by atoms with Crippen LogP contribution in [0, 0.1) is 0 Å². The van der Waals surface area contributed by atoms with Gasteiger partial charge in [0.25, 0.3) is 0 Å². The van der Waals surface area contributed by atoms with Crippen LogP contribution in [0.2, 0.25) is 0 Å². The fourth-order valence-corrected chi connectivity index (χ4v) is 3.57. The van der Waals surface area contributed by atoms with Crippen molar-refractivity contribution in [2.45, 2.75) is 58.8 Å². The zero-order valence-corrected chi connectivity index (χ0v) is 21.7. The van der Waals surface area contributed by atoms with Gasteiger partial charge in [-0.1, -0.05) is 46.0 Å². The Bertz CT molecular complexity index is 1090. The third-order valence-corrected chi connectivity index (χ3v) is 5.66. The number of hydrogen-bond acceptors (Lipinski definition) is 6. The number of esters is 2. The van der Waals surface area contributed by atoms with E-state index in [-0.39, 0.29) is 0 Å². The zero-order valence-electron chi connectivity index (χ0n) is 21.7. The van der Waals surface area contributed by atoms with E-state index in [2.05, 4.69) is 6.92 Å². The number of hydrogen-bond donors (Lipinski definition) is 0. The SMILES string of the molecule is CCCCCCCCOc1ccc(C(=O)Oc2ccc(OC(=O)c3ccc(OCCC)cc3)cc2)cc1. The highest BCUT2D eigenvalue weighted by molar-refractivity contribution is 5.92. The molecule has 3 rings (SSSR count). The molecule has 3 aromatic rings. The Kier molecular flexibility index (Phi) is 11.5. The van der Waals surface area contributed by atoms with Crippen molar-refractivity contribution in [3.8, 4) is 23.0 Å². The van der Waals surface area contributed by atoms with Crippen molar-refractivity contribution >= 4 is 11.9 Å². The predicted molar refractivity (Wildman–Crippen MR) is 144 cm³/mol. The summed E-state index contributed by atoms with van der Waals surface area (Å²) < 4.78 is 22.1. The van der Waals surface area contributed by atoms with Crippen LogP contribution in [0.4, 0.5) is 0 Å². The Hall–Kier alpha value is -3.80. The van der Waals surface area contributed by atoms with Gasteiger partial charge in [0, 0.05) is 0 Å². The first-order chi connectivity index (χ1) is 18.1. The Morgan fingerprint density at radius 2 is 0.892 bits per heavy atom. The fourth-order valence-electron chi connectivity index (χ4n) is 3.57. The van der Waals surface area contributed by atoms with Crippen molar-refractivity contribution < 1.29 is 28.5 Å². The van der Waals surface area contributed by atoms with Gasteiger partial charge in [-0.3, -0.25) is 0 Å². The van der Waals surface area contributed by atoms with E-state index < -0.39 is 11.9 Å². The van der Waals surface area contributed by atoms with E-state index in [1.54, 1.807) is 72.8 Å². The Morgan fingerprint density at radius 1 is 0.486 bits per heavy atom. The molecule has 0 aliphatic rings. The highest BCUT2D eigenvalue weighted by atomic mass is 16.5. The Labute approximate surface area is 219 Å². The molecule has 0 radical (unpaired) electrons. The lowest BCUT2D eigenvalue weighted by Gasteiger charge is -2.09. The smallest absolute Gasteiger partial charge is 0.343 e. The van der Waals surface area contributed by atoms with Crippen LogP contribution in [-0.4, -0.2) is 25.2 Å². The van der Waals surface area contributed by atoms with E-state index in [1.807, 2.05) is 6.92 Å². The predicted octanol–water partition coefficient (Wildman–Crippen LogP) is 7.65. The molecule has 0 heterocycles. The molecule has 0 N–H and O–H groups in total. The molecule has 0 saturated carbocycles. The van der Waals surface area contributed by atoms with Crippen LogP contribution in [0.5, 0.6) is 23.0 Å².